The molecule has 12 aromatic rings. The Morgan fingerprint density at radius 3 is 1.14 bits per heavy atom. The summed E-state index contributed by atoms with van der Waals surface area (Å²) < 4.78 is 7.35. The molecule has 0 saturated heterocycles. The van der Waals surface area contributed by atoms with Gasteiger partial charge in [-0.25, -0.2) is 0 Å². The topological polar surface area (TPSA) is 14.8 Å². The second kappa shape index (κ2) is 12.5. The van der Waals surface area contributed by atoms with E-state index >= 15 is 0 Å². The first-order valence-electron chi connectivity index (χ1n) is 19.6. The number of aromatic nitrogens is 3. The van der Waals surface area contributed by atoms with E-state index < -0.39 is 0 Å². The van der Waals surface area contributed by atoms with E-state index in [-0.39, 0.29) is 0 Å². The van der Waals surface area contributed by atoms with E-state index in [1.807, 2.05) is 0 Å². The van der Waals surface area contributed by atoms with Gasteiger partial charge in [-0.2, -0.15) is 0 Å². The van der Waals surface area contributed by atoms with Gasteiger partial charge in [0.25, 0.3) is 0 Å². The SMILES string of the molecule is c1ccc(-c2cc(-c3ccccc3)cc(-n3c4ccccc4c4ccc(-n5c6ccccc6c6cc7c8ccccc8n(-c8ccccc8)c7cc65)cc43)c2)cc1. The van der Waals surface area contributed by atoms with E-state index in [4.69, 9.17) is 0 Å². The van der Waals surface area contributed by atoms with Crippen LogP contribution in [-0.2, 0) is 0 Å². The van der Waals surface area contributed by atoms with Crippen LogP contribution < -0.4 is 0 Å². The van der Waals surface area contributed by atoms with Crippen LogP contribution in [0.3, 0.4) is 0 Å². The van der Waals surface area contributed by atoms with Crippen LogP contribution in [-0.4, -0.2) is 13.7 Å². The molecule has 3 heteroatoms. The lowest BCUT2D eigenvalue weighted by Crippen LogP contribution is -1.98. The number of nitrogens with zero attached hydrogens (tertiary/aromatic N) is 3. The first-order chi connectivity index (χ1) is 28.3. The summed E-state index contributed by atoms with van der Waals surface area (Å²) >= 11 is 0. The molecule has 0 amide bonds. The molecule has 57 heavy (non-hydrogen) atoms. The van der Waals surface area contributed by atoms with Crippen LogP contribution in [0.5, 0.6) is 0 Å². The van der Waals surface area contributed by atoms with Gasteiger partial charge in [0.05, 0.1) is 33.1 Å². The van der Waals surface area contributed by atoms with E-state index in [0.717, 1.165) is 17.1 Å². The Kier molecular flexibility index (Phi) is 6.93. The van der Waals surface area contributed by atoms with Crippen molar-refractivity contribution in [2.45, 2.75) is 0 Å². The number of rotatable bonds is 5. The fraction of sp³-hybridized carbons (Fsp3) is 0. The summed E-state index contributed by atoms with van der Waals surface area (Å²) in [7, 11) is 0. The molecular weight excluding hydrogens is 691 g/mol. The van der Waals surface area contributed by atoms with E-state index in [1.165, 1.54) is 87.7 Å². The molecule has 0 atom stereocenters. The molecule has 0 unspecified atom stereocenters. The predicted octanol–water partition coefficient (Wildman–Crippen LogP) is 14.3. The van der Waals surface area contributed by atoms with Crippen molar-refractivity contribution in [3.63, 3.8) is 0 Å². The number of benzene rings is 9. The van der Waals surface area contributed by atoms with Crippen LogP contribution in [0.4, 0.5) is 0 Å². The number of hydrogen-bond acceptors (Lipinski definition) is 0. The van der Waals surface area contributed by atoms with Crippen molar-refractivity contribution in [3.05, 3.63) is 212 Å². The summed E-state index contributed by atoms with van der Waals surface area (Å²) in [6.45, 7) is 0. The Bertz CT molecular complexity index is 3440. The van der Waals surface area contributed by atoms with Crippen LogP contribution in [0.25, 0.3) is 105 Å². The molecular formula is C54H35N3. The van der Waals surface area contributed by atoms with Gasteiger partial charge in [0.15, 0.2) is 0 Å². The Hall–Kier alpha value is -7.62. The van der Waals surface area contributed by atoms with E-state index in [9.17, 15) is 0 Å². The second-order valence-electron chi connectivity index (χ2n) is 15.0. The largest absolute Gasteiger partial charge is 0.309 e. The van der Waals surface area contributed by atoms with Crippen LogP contribution in [0.1, 0.15) is 0 Å². The first-order valence-corrected chi connectivity index (χ1v) is 19.6. The van der Waals surface area contributed by atoms with E-state index in [0.29, 0.717) is 0 Å². The van der Waals surface area contributed by atoms with Gasteiger partial charge in [-0.15, -0.1) is 0 Å². The van der Waals surface area contributed by atoms with Crippen LogP contribution in [0.15, 0.2) is 212 Å². The van der Waals surface area contributed by atoms with Crippen LogP contribution in [0, 0.1) is 0 Å². The third kappa shape index (κ3) is 4.86. The van der Waals surface area contributed by atoms with Crippen molar-refractivity contribution in [3.8, 4) is 39.3 Å². The van der Waals surface area contributed by atoms with Gasteiger partial charge in [0.2, 0.25) is 0 Å². The summed E-state index contributed by atoms with van der Waals surface area (Å²) in [5.74, 6) is 0. The molecule has 3 aromatic heterocycles. The average molecular weight is 726 g/mol. The molecule has 266 valence electrons. The minimum Gasteiger partial charge on any atom is -0.309 e. The molecule has 0 N–H and O–H groups in total. The lowest BCUT2D eigenvalue weighted by Gasteiger charge is -2.15. The molecule has 0 radical (unpaired) electrons. The average Bonchev–Trinajstić information content (AvgIpc) is 3.91. The molecule has 0 bridgehead atoms. The van der Waals surface area contributed by atoms with Crippen LogP contribution in [0.2, 0.25) is 0 Å². The fourth-order valence-corrected chi connectivity index (χ4v) is 9.28. The standard InChI is InChI=1S/C54H35N3/c1-4-16-36(17-5-1)38-30-39(37-18-6-2-7-19-37)32-42(31-38)57-49-25-13-10-22-43(49)46-29-28-41(33-52(46)57)56-51-27-15-12-24-45(51)48-34-47-44-23-11-14-26-50(44)55(53(47)35-54(48)56)40-20-8-3-9-21-40/h1-35H. The highest BCUT2D eigenvalue weighted by molar-refractivity contribution is 6.19. The molecule has 0 aliphatic carbocycles. The van der Waals surface area contributed by atoms with Crippen LogP contribution >= 0.6 is 0 Å². The van der Waals surface area contributed by atoms with Crippen molar-refractivity contribution in [2.24, 2.45) is 0 Å². The van der Waals surface area contributed by atoms with Gasteiger partial charge in [0, 0.05) is 49.4 Å². The molecule has 0 aliphatic heterocycles. The van der Waals surface area contributed by atoms with Gasteiger partial charge in [-0.1, -0.05) is 140 Å². The molecule has 9 aromatic carbocycles. The molecule has 0 fully saturated rings. The van der Waals surface area contributed by atoms with Gasteiger partial charge < -0.3 is 13.7 Å². The molecule has 0 saturated carbocycles. The Morgan fingerprint density at radius 2 is 0.596 bits per heavy atom. The fourth-order valence-electron chi connectivity index (χ4n) is 9.28. The maximum absolute atomic E-state index is 2.47. The maximum Gasteiger partial charge on any atom is 0.0562 e. The van der Waals surface area contributed by atoms with Crippen molar-refractivity contribution >= 4 is 65.4 Å². The summed E-state index contributed by atoms with van der Waals surface area (Å²) in [6.07, 6.45) is 0. The third-order valence-electron chi connectivity index (χ3n) is 11.8. The monoisotopic (exact) mass is 725 g/mol. The highest BCUT2D eigenvalue weighted by Gasteiger charge is 2.20. The Labute approximate surface area is 329 Å². The van der Waals surface area contributed by atoms with E-state index in [2.05, 4.69) is 226 Å². The van der Waals surface area contributed by atoms with Gasteiger partial charge in [-0.05, 0) is 95.1 Å². The molecule has 0 aliphatic rings. The minimum absolute atomic E-state index is 1.13. The van der Waals surface area contributed by atoms with Crippen molar-refractivity contribution < 1.29 is 0 Å². The predicted molar refractivity (Wildman–Crippen MR) is 240 cm³/mol. The number of fused-ring (bicyclic) bond motifs is 9. The highest BCUT2D eigenvalue weighted by atomic mass is 15.0. The van der Waals surface area contributed by atoms with Gasteiger partial charge in [-0.3, -0.25) is 0 Å². The Balaban J connectivity index is 1.16. The van der Waals surface area contributed by atoms with Crippen molar-refractivity contribution in [1.82, 2.24) is 13.7 Å². The summed E-state index contributed by atoms with van der Waals surface area (Å²) in [5.41, 5.74) is 15.3. The van der Waals surface area contributed by atoms with Gasteiger partial charge in [0.1, 0.15) is 0 Å². The molecule has 3 heterocycles. The number of para-hydroxylation sites is 4. The zero-order valence-electron chi connectivity index (χ0n) is 31.0. The first kappa shape index (κ1) is 31.7. The van der Waals surface area contributed by atoms with E-state index in [1.54, 1.807) is 0 Å². The third-order valence-corrected chi connectivity index (χ3v) is 11.8. The summed E-state index contributed by atoms with van der Waals surface area (Å²) in [4.78, 5) is 0. The lowest BCUT2D eigenvalue weighted by atomic mass is 9.98. The highest BCUT2D eigenvalue weighted by Crippen LogP contribution is 2.42. The van der Waals surface area contributed by atoms with Crippen molar-refractivity contribution in [2.75, 3.05) is 0 Å². The smallest absolute Gasteiger partial charge is 0.0562 e. The quantitative estimate of drug-likeness (QED) is 0.168. The summed E-state index contributed by atoms with van der Waals surface area (Å²) in [6, 6.07) is 77.5. The zero-order valence-corrected chi connectivity index (χ0v) is 31.0. The lowest BCUT2D eigenvalue weighted by molar-refractivity contribution is 1.15. The maximum atomic E-state index is 2.47. The summed E-state index contributed by atoms with van der Waals surface area (Å²) in [5, 5.41) is 7.48. The van der Waals surface area contributed by atoms with Gasteiger partial charge >= 0.3 is 0 Å². The minimum atomic E-state index is 1.13. The normalized spacial score (nSPS) is 11.9. The zero-order chi connectivity index (χ0) is 37.5. The molecule has 3 nitrogen and oxygen atoms in total. The second-order valence-corrected chi connectivity index (χ2v) is 15.0. The molecule has 0 spiro atoms. The Morgan fingerprint density at radius 1 is 0.193 bits per heavy atom. The molecule has 12 rings (SSSR count). The van der Waals surface area contributed by atoms with Crippen molar-refractivity contribution in [1.29, 1.82) is 0 Å². The number of hydrogen-bond donors (Lipinski definition) is 0.